The molecule has 1 amide bonds. The first-order valence-electron chi connectivity index (χ1n) is 7.12. The zero-order valence-electron chi connectivity index (χ0n) is 11.8. The van der Waals surface area contributed by atoms with E-state index >= 15 is 0 Å². The van der Waals surface area contributed by atoms with E-state index in [1.165, 1.54) is 6.42 Å². The number of carbonyl (C=O) groups excluding carboxylic acids is 1. The van der Waals surface area contributed by atoms with Crippen LogP contribution in [-0.4, -0.2) is 24.1 Å². The normalized spacial score (nSPS) is 19.5. The smallest absolute Gasteiger partial charge is 0.410 e. The van der Waals surface area contributed by atoms with E-state index in [4.69, 9.17) is 4.74 Å². The molecule has 2 rings (SSSR count). The third-order valence-electron chi connectivity index (χ3n) is 3.86. The summed E-state index contributed by atoms with van der Waals surface area (Å²) in [5.41, 5.74) is 1.04. The Morgan fingerprint density at radius 3 is 2.79 bits per heavy atom. The molecule has 0 N–H and O–H groups in total. The second-order valence-corrected chi connectivity index (χ2v) is 5.63. The zero-order valence-corrected chi connectivity index (χ0v) is 11.8. The van der Waals surface area contributed by atoms with Crippen LogP contribution in [0.4, 0.5) is 4.79 Å². The Morgan fingerprint density at radius 2 is 2.11 bits per heavy atom. The largest absolute Gasteiger partial charge is 0.445 e. The second-order valence-electron chi connectivity index (χ2n) is 5.63. The minimum Gasteiger partial charge on any atom is -0.445 e. The number of ether oxygens (including phenoxy) is 1. The van der Waals surface area contributed by atoms with Crippen molar-refractivity contribution in [1.82, 2.24) is 4.90 Å². The predicted molar refractivity (Wildman–Crippen MR) is 75.8 cm³/mol. The lowest BCUT2D eigenvalue weighted by Gasteiger charge is -2.34. The molecule has 0 bridgehead atoms. The zero-order chi connectivity index (χ0) is 13.7. The van der Waals surface area contributed by atoms with Gasteiger partial charge in [0.15, 0.2) is 0 Å². The molecule has 1 fully saturated rings. The van der Waals surface area contributed by atoms with Gasteiger partial charge in [-0.2, -0.15) is 0 Å². The van der Waals surface area contributed by atoms with E-state index in [1.807, 2.05) is 35.2 Å². The van der Waals surface area contributed by atoms with Crippen LogP contribution in [0.2, 0.25) is 0 Å². The molecule has 104 valence electrons. The van der Waals surface area contributed by atoms with Crippen molar-refractivity contribution in [3.05, 3.63) is 35.9 Å². The van der Waals surface area contributed by atoms with Crippen LogP contribution in [0.5, 0.6) is 0 Å². The Hall–Kier alpha value is -1.51. The van der Waals surface area contributed by atoms with Gasteiger partial charge in [-0.25, -0.2) is 4.79 Å². The second kappa shape index (κ2) is 6.60. The first kappa shape index (κ1) is 13.9. The Kier molecular flexibility index (Phi) is 4.83. The van der Waals surface area contributed by atoms with Gasteiger partial charge in [-0.15, -0.1) is 0 Å². The molecule has 1 aromatic rings. The van der Waals surface area contributed by atoms with Crippen molar-refractivity contribution in [2.24, 2.45) is 11.8 Å². The third kappa shape index (κ3) is 3.98. The molecule has 3 nitrogen and oxygen atoms in total. The van der Waals surface area contributed by atoms with E-state index < -0.39 is 0 Å². The molecule has 1 atom stereocenters. The Morgan fingerprint density at radius 1 is 1.37 bits per heavy atom. The number of carbonyl (C=O) groups is 1. The van der Waals surface area contributed by atoms with Gasteiger partial charge in [-0.3, -0.25) is 0 Å². The molecular formula is C16H23NO2. The topological polar surface area (TPSA) is 29.5 Å². The van der Waals surface area contributed by atoms with Crippen molar-refractivity contribution in [2.75, 3.05) is 13.1 Å². The molecule has 1 heterocycles. The predicted octanol–water partition coefficient (Wildman–Crippen LogP) is 3.69. The van der Waals surface area contributed by atoms with Gasteiger partial charge in [-0.05, 0) is 30.2 Å². The summed E-state index contributed by atoms with van der Waals surface area (Å²) in [6, 6.07) is 9.82. The molecule has 0 spiro atoms. The summed E-state index contributed by atoms with van der Waals surface area (Å²) in [5.74, 6) is 1.24. The summed E-state index contributed by atoms with van der Waals surface area (Å²) < 4.78 is 5.38. The van der Waals surface area contributed by atoms with E-state index in [-0.39, 0.29) is 6.09 Å². The van der Waals surface area contributed by atoms with Crippen molar-refractivity contribution in [2.45, 2.75) is 33.3 Å². The van der Waals surface area contributed by atoms with Gasteiger partial charge < -0.3 is 9.64 Å². The van der Waals surface area contributed by atoms with Crippen LogP contribution in [0, 0.1) is 11.8 Å². The van der Waals surface area contributed by atoms with E-state index in [0.717, 1.165) is 25.1 Å². The summed E-state index contributed by atoms with van der Waals surface area (Å²) in [5, 5.41) is 0. The number of hydrogen-bond donors (Lipinski definition) is 0. The van der Waals surface area contributed by atoms with Gasteiger partial charge in [0.25, 0.3) is 0 Å². The Labute approximate surface area is 115 Å². The fourth-order valence-electron chi connectivity index (χ4n) is 2.53. The SMILES string of the molecule is CC(C)[C@H]1CCCN(C(=O)OCc2ccccc2)C1. The van der Waals surface area contributed by atoms with Crippen LogP contribution in [0.3, 0.4) is 0 Å². The highest BCUT2D eigenvalue weighted by atomic mass is 16.6. The van der Waals surface area contributed by atoms with Gasteiger partial charge >= 0.3 is 6.09 Å². The highest BCUT2D eigenvalue weighted by molar-refractivity contribution is 5.67. The summed E-state index contributed by atoms with van der Waals surface area (Å²) in [6.07, 6.45) is 2.14. The Bertz CT molecular complexity index is 402. The molecule has 0 unspecified atom stereocenters. The number of benzene rings is 1. The van der Waals surface area contributed by atoms with Gasteiger partial charge in [-0.1, -0.05) is 44.2 Å². The lowest BCUT2D eigenvalue weighted by molar-refractivity contribution is 0.0728. The average molecular weight is 261 g/mol. The van der Waals surface area contributed by atoms with Crippen LogP contribution in [0.25, 0.3) is 0 Å². The fourth-order valence-corrected chi connectivity index (χ4v) is 2.53. The van der Waals surface area contributed by atoms with Gasteiger partial charge in [0.1, 0.15) is 6.61 Å². The first-order chi connectivity index (χ1) is 9.16. The monoisotopic (exact) mass is 261 g/mol. The number of nitrogens with zero attached hydrogens (tertiary/aromatic N) is 1. The molecule has 0 aromatic heterocycles. The van der Waals surface area contributed by atoms with Crippen molar-refractivity contribution in [3.63, 3.8) is 0 Å². The van der Waals surface area contributed by atoms with Gasteiger partial charge in [0.05, 0.1) is 0 Å². The highest BCUT2D eigenvalue weighted by Crippen LogP contribution is 2.23. The summed E-state index contributed by atoms with van der Waals surface area (Å²) in [7, 11) is 0. The molecule has 0 radical (unpaired) electrons. The van der Waals surface area contributed by atoms with Crippen LogP contribution in [0.15, 0.2) is 30.3 Å². The van der Waals surface area contributed by atoms with Crippen LogP contribution in [-0.2, 0) is 11.3 Å². The minimum atomic E-state index is -0.172. The molecule has 19 heavy (non-hydrogen) atoms. The fraction of sp³-hybridized carbons (Fsp3) is 0.562. The highest BCUT2D eigenvalue weighted by Gasteiger charge is 2.26. The van der Waals surface area contributed by atoms with Crippen molar-refractivity contribution in [1.29, 1.82) is 0 Å². The molecule has 0 aliphatic carbocycles. The van der Waals surface area contributed by atoms with Crippen molar-refractivity contribution < 1.29 is 9.53 Å². The lowest BCUT2D eigenvalue weighted by Crippen LogP contribution is -2.41. The van der Waals surface area contributed by atoms with Crippen LogP contribution in [0.1, 0.15) is 32.3 Å². The first-order valence-corrected chi connectivity index (χ1v) is 7.12. The lowest BCUT2D eigenvalue weighted by atomic mass is 9.88. The number of likely N-dealkylation sites (tertiary alicyclic amines) is 1. The summed E-state index contributed by atoms with van der Waals surface area (Å²) in [6.45, 7) is 6.48. The Balaban J connectivity index is 1.83. The maximum absolute atomic E-state index is 12.0. The minimum absolute atomic E-state index is 0.172. The van der Waals surface area contributed by atoms with E-state index in [9.17, 15) is 4.79 Å². The maximum Gasteiger partial charge on any atom is 0.410 e. The molecule has 3 heteroatoms. The molecule has 0 saturated carbocycles. The number of hydrogen-bond acceptors (Lipinski definition) is 2. The van der Waals surface area contributed by atoms with E-state index in [2.05, 4.69) is 13.8 Å². The molecule has 1 aliphatic heterocycles. The molecular weight excluding hydrogens is 238 g/mol. The molecule has 1 saturated heterocycles. The van der Waals surface area contributed by atoms with Gasteiger partial charge in [0.2, 0.25) is 0 Å². The van der Waals surface area contributed by atoms with Crippen LogP contribution < -0.4 is 0 Å². The quantitative estimate of drug-likeness (QED) is 0.830. The maximum atomic E-state index is 12.0. The van der Waals surface area contributed by atoms with E-state index in [1.54, 1.807) is 0 Å². The third-order valence-corrected chi connectivity index (χ3v) is 3.86. The molecule has 1 aromatic carbocycles. The number of rotatable bonds is 3. The van der Waals surface area contributed by atoms with Crippen molar-refractivity contribution in [3.8, 4) is 0 Å². The summed E-state index contributed by atoms with van der Waals surface area (Å²) in [4.78, 5) is 13.9. The van der Waals surface area contributed by atoms with E-state index in [0.29, 0.717) is 18.4 Å². The van der Waals surface area contributed by atoms with Gasteiger partial charge in [0, 0.05) is 13.1 Å². The van der Waals surface area contributed by atoms with Crippen molar-refractivity contribution >= 4 is 6.09 Å². The van der Waals surface area contributed by atoms with Crippen LogP contribution >= 0.6 is 0 Å². The number of amides is 1. The standard InChI is InChI=1S/C16H23NO2/c1-13(2)15-9-6-10-17(11-15)16(18)19-12-14-7-4-3-5-8-14/h3-5,7-8,13,15H,6,9-12H2,1-2H3/t15-/m0/s1. The molecule has 1 aliphatic rings. The number of piperidine rings is 1. The summed E-state index contributed by atoms with van der Waals surface area (Å²) >= 11 is 0. The average Bonchev–Trinajstić information content (AvgIpc) is 2.46.